The number of Topliss-reactive ketones (excluding diaryl/α,β-unsaturated/α-hetero) is 1. The van der Waals surface area contributed by atoms with Crippen LogP contribution in [0, 0.1) is 6.92 Å². The predicted octanol–water partition coefficient (Wildman–Crippen LogP) is 4.91. The SMILES string of the molecule is Cc1ccc2c(c1)c1cc(Br)ccc1n2CC(=O)CS(=O)(=O)c1ccccc1. The highest BCUT2D eigenvalue weighted by molar-refractivity contribution is 9.10. The minimum Gasteiger partial charge on any atom is -0.333 e. The Hall–Kier alpha value is -2.44. The Morgan fingerprint density at radius 2 is 1.57 bits per heavy atom. The molecule has 28 heavy (non-hydrogen) atoms. The lowest BCUT2D eigenvalue weighted by Gasteiger charge is -2.08. The summed E-state index contributed by atoms with van der Waals surface area (Å²) in [6.45, 7) is 2.04. The first-order valence-corrected chi connectivity index (χ1v) is 11.3. The number of aromatic nitrogens is 1. The Labute approximate surface area is 171 Å². The molecular formula is C22H18BrNO3S. The molecule has 142 valence electrons. The van der Waals surface area contributed by atoms with E-state index in [0.717, 1.165) is 31.8 Å². The Bertz CT molecular complexity index is 1250. The van der Waals surface area contributed by atoms with E-state index in [4.69, 9.17) is 0 Å². The number of sulfone groups is 1. The molecule has 3 aromatic carbocycles. The van der Waals surface area contributed by atoms with Crippen molar-refractivity contribution in [3.8, 4) is 0 Å². The number of aryl methyl sites for hydroxylation is 1. The van der Waals surface area contributed by atoms with E-state index in [1.165, 1.54) is 12.1 Å². The normalized spacial score (nSPS) is 11.9. The molecule has 0 atom stereocenters. The van der Waals surface area contributed by atoms with Crippen LogP contribution in [-0.2, 0) is 21.2 Å². The number of carbonyl (C=O) groups is 1. The number of fused-ring (bicyclic) bond motifs is 3. The van der Waals surface area contributed by atoms with Gasteiger partial charge >= 0.3 is 0 Å². The Morgan fingerprint density at radius 3 is 2.29 bits per heavy atom. The molecule has 0 bridgehead atoms. The first kappa shape index (κ1) is 18.9. The zero-order valence-corrected chi connectivity index (χ0v) is 17.6. The molecule has 0 saturated carbocycles. The van der Waals surface area contributed by atoms with Crippen LogP contribution in [0.5, 0.6) is 0 Å². The van der Waals surface area contributed by atoms with Gasteiger partial charge in [0.15, 0.2) is 15.6 Å². The zero-order valence-electron chi connectivity index (χ0n) is 15.2. The molecule has 0 saturated heterocycles. The second kappa shape index (κ2) is 7.18. The first-order chi connectivity index (χ1) is 13.3. The second-order valence-corrected chi connectivity index (χ2v) is 9.78. The van der Waals surface area contributed by atoms with E-state index in [-0.39, 0.29) is 17.2 Å². The monoisotopic (exact) mass is 455 g/mol. The lowest BCUT2D eigenvalue weighted by atomic mass is 10.1. The maximum atomic E-state index is 12.7. The fourth-order valence-electron chi connectivity index (χ4n) is 3.51. The highest BCUT2D eigenvalue weighted by Crippen LogP contribution is 2.32. The van der Waals surface area contributed by atoms with E-state index in [1.807, 2.05) is 41.8 Å². The number of hydrogen-bond acceptors (Lipinski definition) is 3. The van der Waals surface area contributed by atoms with E-state index in [1.54, 1.807) is 18.2 Å². The number of ketones is 1. The molecule has 0 amide bonds. The second-order valence-electron chi connectivity index (χ2n) is 6.88. The van der Waals surface area contributed by atoms with E-state index in [2.05, 4.69) is 22.0 Å². The van der Waals surface area contributed by atoms with Gasteiger partial charge in [0.25, 0.3) is 0 Å². The van der Waals surface area contributed by atoms with Gasteiger partial charge in [0, 0.05) is 26.3 Å². The van der Waals surface area contributed by atoms with Crippen LogP contribution in [0.3, 0.4) is 0 Å². The summed E-state index contributed by atoms with van der Waals surface area (Å²) in [5.74, 6) is -0.855. The minimum absolute atomic E-state index is 0.0107. The largest absolute Gasteiger partial charge is 0.333 e. The van der Waals surface area contributed by atoms with Crippen LogP contribution in [0.2, 0.25) is 0 Å². The maximum Gasteiger partial charge on any atom is 0.185 e. The topological polar surface area (TPSA) is 56.1 Å². The summed E-state index contributed by atoms with van der Waals surface area (Å²) >= 11 is 3.51. The van der Waals surface area contributed by atoms with Crippen molar-refractivity contribution in [1.82, 2.24) is 4.57 Å². The molecule has 4 rings (SSSR count). The van der Waals surface area contributed by atoms with Gasteiger partial charge < -0.3 is 4.57 Å². The van der Waals surface area contributed by atoms with E-state index >= 15 is 0 Å². The van der Waals surface area contributed by atoms with Gasteiger partial charge in [-0.1, -0.05) is 45.8 Å². The van der Waals surface area contributed by atoms with Crippen LogP contribution in [0.15, 0.2) is 76.1 Å². The highest BCUT2D eigenvalue weighted by atomic mass is 79.9. The molecule has 1 heterocycles. The van der Waals surface area contributed by atoms with Gasteiger partial charge in [0.05, 0.1) is 11.4 Å². The van der Waals surface area contributed by atoms with Crippen LogP contribution in [-0.4, -0.2) is 24.5 Å². The number of rotatable bonds is 5. The van der Waals surface area contributed by atoms with Gasteiger partial charge in [-0.05, 0) is 49.4 Å². The molecule has 0 spiro atoms. The third-order valence-corrected chi connectivity index (χ3v) is 6.96. The quantitative estimate of drug-likeness (QED) is 0.429. The molecule has 0 aliphatic carbocycles. The zero-order chi connectivity index (χ0) is 19.9. The molecule has 1 aromatic heterocycles. The lowest BCUT2D eigenvalue weighted by Crippen LogP contribution is -2.20. The molecular weight excluding hydrogens is 438 g/mol. The summed E-state index contributed by atoms with van der Waals surface area (Å²) in [7, 11) is -3.65. The van der Waals surface area contributed by atoms with Crippen molar-refractivity contribution in [3.63, 3.8) is 0 Å². The maximum absolute atomic E-state index is 12.7. The molecule has 0 unspecified atom stereocenters. The molecule has 0 radical (unpaired) electrons. The number of carbonyl (C=O) groups excluding carboxylic acids is 1. The summed E-state index contributed by atoms with van der Waals surface area (Å²) in [5.41, 5.74) is 2.96. The van der Waals surface area contributed by atoms with Gasteiger partial charge in [-0.3, -0.25) is 4.79 Å². The molecule has 4 aromatic rings. The first-order valence-electron chi connectivity index (χ1n) is 8.83. The van der Waals surface area contributed by atoms with E-state index in [9.17, 15) is 13.2 Å². The van der Waals surface area contributed by atoms with Crippen molar-refractivity contribution in [2.24, 2.45) is 0 Å². The summed E-state index contributed by atoms with van der Waals surface area (Å²) in [6.07, 6.45) is 0. The van der Waals surface area contributed by atoms with Crippen molar-refractivity contribution < 1.29 is 13.2 Å². The average Bonchev–Trinajstić information content (AvgIpc) is 2.94. The summed E-state index contributed by atoms with van der Waals surface area (Å²) in [6, 6.07) is 20.1. The van der Waals surface area contributed by atoms with Crippen LogP contribution < -0.4 is 0 Å². The van der Waals surface area contributed by atoms with Crippen LogP contribution in [0.25, 0.3) is 21.8 Å². The fraction of sp³-hybridized carbons (Fsp3) is 0.136. The van der Waals surface area contributed by atoms with Crippen molar-refractivity contribution in [2.45, 2.75) is 18.4 Å². The lowest BCUT2D eigenvalue weighted by molar-refractivity contribution is -0.117. The Kier molecular flexibility index (Phi) is 4.85. The number of benzene rings is 3. The van der Waals surface area contributed by atoms with Gasteiger partial charge in [-0.2, -0.15) is 0 Å². The minimum atomic E-state index is -3.65. The third kappa shape index (κ3) is 3.50. The van der Waals surface area contributed by atoms with Gasteiger partial charge in [0.2, 0.25) is 0 Å². The van der Waals surface area contributed by atoms with E-state index < -0.39 is 15.6 Å². The molecule has 0 aliphatic rings. The smallest absolute Gasteiger partial charge is 0.185 e. The van der Waals surface area contributed by atoms with Crippen molar-refractivity contribution in [3.05, 3.63) is 76.8 Å². The number of nitrogens with zero attached hydrogens (tertiary/aromatic N) is 1. The molecule has 0 fully saturated rings. The van der Waals surface area contributed by atoms with E-state index in [0.29, 0.717) is 0 Å². The van der Waals surface area contributed by atoms with Crippen LogP contribution >= 0.6 is 15.9 Å². The summed E-state index contributed by atoms with van der Waals surface area (Å²) in [5, 5.41) is 2.09. The predicted molar refractivity (Wildman–Crippen MR) is 115 cm³/mol. The number of halogens is 1. The number of hydrogen-bond donors (Lipinski definition) is 0. The van der Waals surface area contributed by atoms with Gasteiger partial charge in [-0.15, -0.1) is 0 Å². The average molecular weight is 456 g/mol. The van der Waals surface area contributed by atoms with Crippen LogP contribution in [0.1, 0.15) is 5.56 Å². The highest BCUT2D eigenvalue weighted by Gasteiger charge is 2.21. The van der Waals surface area contributed by atoms with Gasteiger partial charge in [0.1, 0.15) is 5.75 Å². The van der Waals surface area contributed by atoms with Crippen LogP contribution in [0.4, 0.5) is 0 Å². The molecule has 0 N–H and O–H groups in total. The standard InChI is InChI=1S/C22H18BrNO3S/c1-15-7-9-21-19(11-15)20-12-16(23)8-10-22(20)24(21)13-17(25)14-28(26,27)18-5-3-2-4-6-18/h2-12H,13-14H2,1H3. The third-order valence-electron chi connectivity index (χ3n) is 4.77. The molecule has 6 heteroatoms. The summed E-state index contributed by atoms with van der Waals surface area (Å²) < 4.78 is 28.0. The van der Waals surface area contributed by atoms with Gasteiger partial charge in [-0.25, -0.2) is 8.42 Å². The molecule has 0 aliphatic heterocycles. The Morgan fingerprint density at radius 1 is 0.929 bits per heavy atom. The fourth-order valence-corrected chi connectivity index (χ4v) is 5.12. The van der Waals surface area contributed by atoms with Crippen molar-refractivity contribution in [1.29, 1.82) is 0 Å². The Balaban J connectivity index is 1.74. The van der Waals surface area contributed by atoms with Crippen molar-refractivity contribution in [2.75, 3.05) is 5.75 Å². The molecule has 4 nitrogen and oxygen atoms in total. The summed E-state index contributed by atoms with van der Waals surface area (Å²) in [4.78, 5) is 12.9. The van der Waals surface area contributed by atoms with Crippen molar-refractivity contribution >= 4 is 53.4 Å².